The quantitative estimate of drug-likeness (QED) is 0.797. The fraction of sp³-hybridized carbons (Fsp3) is 0.471. The molecule has 1 aliphatic rings. The van der Waals surface area contributed by atoms with Crippen LogP contribution < -0.4 is 10.2 Å². The zero-order chi connectivity index (χ0) is 18.7. The summed E-state index contributed by atoms with van der Waals surface area (Å²) in [5, 5.41) is 10.6. The molecule has 2 heterocycles. The highest BCUT2D eigenvalue weighted by Gasteiger charge is 2.33. The third kappa shape index (κ3) is 4.17. The van der Waals surface area contributed by atoms with Gasteiger partial charge >= 0.3 is 6.18 Å². The highest BCUT2D eigenvalue weighted by Crippen LogP contribution is 2.36. The molecular formula is C17H19ClF3N5. The number of rotatable bonds is 4. The Balaban J connectivity index is 1.83. The zero-order valence-electron chi connectivity index (χ0n) is 14.2. The molecule has 1 saturated heterocycles. The maximum Gasteiger partial charge on any atom is 0.417 e. The molecule has 0 amide bonds. The third-order valence-electron chi connectivity index (χ3n) is 4.45. The van der Waals surface area contributed by atoms with Crippen LogP contribution >= 0.6 is 11.6 Å². The van der Waals surface area contributed by atoms with Crippen LogP contribution in [0.5, 0.6) is 0 Å². The maximum absolute atomic E-state index is 13.0. The molecular weight excluding hydrogens is 367 g/mol. The van der Waals surface area contributed by atoms with E-state index in [4.69, 9.17) is 11.6 Å². The number of aromatic nitrogens is 3. The molecule has 0 spiro atoms. The van der Waals surface area contributed by atoms with Crippen LogP contribution in [-0.2, 0) is 6.18 Å². The molecule has 1 unspecified atom stereocenters. The lowest BCUT2D eigenvalue weighted by atomic mass is 10.0. The van der Waals surface area contributed by atoms with E-state index in [-0.39, 0.29) is 10.7 Å². The van der Waals surface area contributed by atoms with Gasteiger partial charge in [-0.2, -0.15) is 23.3 Å². The summed E-state index contributed by atoms with van der Waals surface area (Å²) >= 11 is 5.65. The Labute approximate surface area is 154 Å². The van der Waals surface area contributed by atoms with Crippen molar-refractivity contribution in [3.63, 3.8) is 0 Å². The Kier molecular flexibility index (Phi) is 5.50. The topological polar surface area (TPSA) is 53.9 Å². The average molecular weight is 386 g/mol. The minimum absolute atomic E-state index is 0.235. The van der Waals surface area contributed by atoms with Crippen molar-refractivity contribution >= 4 is 29.1 Å². The SMILES string of the molecule is CCC1CCCCN1c1nncc(Nc2ccc(Cl)c(C(F)(F)F)c2)n1. The van der Waals surface area contributed by atoms with Crippen LogP contribution in [0, 0.1) is 0 Å². The summed E-state index contributed by atoms with van der Waals surface area (Å²) in [5.74, 6) is 0.831. The van der Waals surface area contributed by atoms with Gasteiger partial charge in [0.2, 0.25) is 5.95 Å². The zero-order valence-corrected chi connectivity index (χ0v) is 15.0. The van der Waals surface area contributed by atoms with Crippen molar-refractivity contribution < 1.29 is 13.2 Å². The number of alkyl halides is 3. The summed E-state index contributed by atoms with van der Waals surface area (Å²) in [7, 11) is 0. The van der Waals surface area contributed by atoms with Crippen LogP contribution in [0.1, 0.15) is 38.2 Å². The van der Waals surface area contributed by atoms with Crippen molar-refractivity contribution in [1.29, 1.82) is 0 Å². The monoisotopic (exact) mass is 385 g/mol. The van der Waals surface area contributed by atoms with E-state index in [0.717, 1.165) is 31.9 Å². The maximum atomic E-state index is 13.0. The lowest BCUT2D eigenvalue weighted by Gasteiger charge is -2.34. The molecule has 1 fully saturated rings. The second kappa shape index (κ2) is 7.65. The number of hydrogen-bond acceptors (Lipinski definition) is 5. The molecule has 1 aliphatic heterocycles. The molecule has 140 valence electrons. The van der Waals surface area contributed by atoms with Crippen molar-refractivity contribution in [1.82, 2.24) is 15.2 Å². The van der Waals surface area contributed by atoms with Crippen molar-refractivity contribution in [2.45, 2.75) is 44.8 Å². The van der Waals surface area contributed by atoms with Gasteiger partial charge in [-0.25, -0.2) is 0 Å². The highest BCUT2D eigenvalue weighted by molar-refractivity contribution is 6.31. The second-order valence-corrected chi connectivity index (χ2v) is 6.62. The number of nitrogens with zero attached hydrogens (tertiary/aromatic N) is 4. The van der Waals surface area contributed by atoms with Crippen molar-refractivity contribution in [2.24, 2.45) is 0 Å². The van der Waals surface area contributed by atoms with E-state index in [0.29, 0.717) is 17.8 Å². The van der Waals surface area contributed by atoms with Gasteiger partial charge in [-0.3, -0.25) is 0 Å². The molecule has 2 aromatic rings. The molecule has 0 radical (unpaired) electrons. The Morgan fingerprint density at radius 3 is 2.85 bits per heavy atom. The average Bonchev–Trinajstić information content (AvgIpc) is 2.62. The Bertz CT molecular complexity index is 768. The van der Waals surface area contributed by atoms with Gasteiger partial charge in [0.05, 0.1) is 16.8 Å². The first-order valence-corrected chi connectivity index (χ1v) is 8.86. The Hall–Kier alpha value is -2.09. The number of nitrogens with one attached hydrogen (secondary N) is 1. The summed E-state index contributed by atoms with van der Waals surface area (Å²) in [6.45, 7) is 2.97. The first-order valence-electron chi connectivity index (χ1n) is 8.48. The van der Waals surface area contributed by atoms with Gasteiger partial charge in [-0.05, 0) is 43.9 Å². The fourth-order valence-electron chi connectivity index (χ4n) is 3.13. The van der Waals surface area contributed by atoms with E-state index in [1.807, 2.05) is 0 Å². The van der Waals surface area contributed by atoms with E-state index in [9.17, 15) is 13.2 Å². The van der Waals surface area contributed by atoms with Gasteiger partial charge in [0.25, 0.3) is 0 Å². The largest absolute Gasteiger partial charge is 0.417 e. The van der Waals surface area contributed by atoms with Gasteiger partial charge in [0.15, 0.2) is 5.82 Å². The standard InChI is InChI=1S/C17H19ClF3N5/c1-2-12-5-3-4-8-26(12)16-24-15(10-22-25-16)23-11-6-7-14(18)13(9-11)17(19,20)21/h6-7,9-10,12H,2-5,8H2,1H3,(H,23,24,25). The normalized spacial score (nSPS) is 18.0. The number of halogens is 4. The molecule has 0 bridgehead atoms. The van der Waals surface area contributed by atoms with Crippen LogP contribution in [0.25, 0.3) is 0 Å². The highest BCUT2D eigenvalue weighted by atomic mass is 35.5. The fourth-order valence-corrected chi connectivity index (χ4v) is 3.36. The van der Waals surface area contributed by atoms with E-state index < -0.39 is 11.7 Å². The molecule has 1 aromatic heterocycles. The number of anilines is 3. The lowest BCUT2D eigenvalue weighted by Crippen LogP contribution is -2.40. The van der Waals surface area contributed by atoms with Gasteiger partial charge in [0.1, 0.15) is 0 Å². The van der Waals surface area contributed by atoms with Crippen molar-refractivity contribution in [3.05, 3.63) is 35.0 Å². The van der Waals surface area contributed by atoms with Crippen LogP contribution in [0.3, 0.4) is 0 Å². The van der Waals surface area contributed by atoms with Crippen LogP contribution in [-0.4, -0.2) is 27.8 Å². The third-order valence-corrected chi connectivity index (χ3v) is 4.78. The van der Waals surface area contributed by atoms with E-state index >= 15 is 0 Å². The van der Waals surface area contributed by atoms with Crippen molar-refractivity contribution in [3.8, 4) is 0 Å². The van der Waals surface area contributed by atoms with Gasteiger partial charge in [-0.15, -0.1) is 5.10 Å². The molecule has 9 heteroatoms. The first-order chi connectivity index (χ1) is 12.4. The predicted molar refractivity (Wildman–Crippen MR) is 94.8 cm³/mol. The predicted octanol–water partition coefficient (Wildman–Crippen LogP) is 5.06. The van der Waals surface area contributed by atoms with E-state index in [2.05, 4.69) is 32.3 Å². The van der Waals surface area contributed by atoms with Crippen LogP contribution in [0.4, 0.5) is 30.6 Å². The summed E-state index contributed by atoms with van der Waals surface area (Å²) in [6, 6.07) is 3.99. The van der Waals surface area contributed by atoms with Gasteiger partial charge < -0.3 is 10.2 Å². The first kappa shape index (κ1) is 18.7. The van der Waals surface area contributed by atoms with Gasteiger partial charge in [-0.1, -0.05) is 18.5 Å². The molecule has 1 atom stereocenters. The summed E-state index contributed by atoms with van der Waals surface area (Å²) < 4.78 is 39.0. The minimum Gasteiger partial charge on any atom is -0.339 e. The molecule has 1 aromatic carbocycles. The summed E-state index contributed by atoms with van der Waals surface area (Å²) in [5.41, 5.74) is -0.660. The molecule has 5 nitrogen and oxygen atoms in total. The molecule has 0 saturated carbocycles. The molecule has 0 aliphatic carbocycles. The molecule has 26 heavy (non-hydrogen) atoms. The van der Waals surface area contributed by atoms with E-state index in [1.54, 1.807) is 0 Å². The Morgan fingerprint density at radius 2 is 2.12 bits per heavy atom. The van der Waals surface area contributed by atoms with E-state index in [1.165, 1.54) is 24.8 Å². The molecule has 1 N–H and O–H groups in total. The van der Waals surface area contributed by atoms with Crippen LogP contribution in [0.2, 0.25) is 5.02 Å². The van der Waals surface area contributed by atoms with Gasteiger partial charge in [0, 0.05) is 18.3 Å². The minimum atomic E-state index is -4.52. The smallest absolute Gasteiger partial charge is 0.339 e. The second-order valence-electron chi connectivity index (χ2n) is 6.21. The number of benzene rings is 1. The summed E-state index contributed by atoms with van der Waals surface area (Å²) in [6.07, 6.45) is 1.15. The molecule has 3 rings (SSSR count). The van der Waals surface area contributed by atoms with Crippen LogP contribution in [0.15, 0.2) is 24.4 Å². The lowest BCUT2D eigenvalue weighted by molar-refractivity contribution is -0.137. The summed E-state index contributed by atoms with van der Waals surface area (Å²) in [4.78, 5) is 6.55. The van der Waals surface area contributed by atoms with Crippen molar-refractivity contribution in [2.75, 3.05) is 16.8 Å². The Morgan fingerprint density at radius 1 is 1.31 bits per heavy atom. The number of piperidine rings is 1. The number of hydrogen-bond donors (Lipinski definition) is 1.